The Morgan fingerprint density at radius 3 is 2.68 bits per heavy atom. The van der Waals surface area contributed by atoms with Crippen LogP contribution in [0.3, 0.4) is 0 Å². The summed E-state index contributed by atoms with van der Waals surface area (Å²) in [6.07, 6.45) is 7.95. The van der Waals surface area contributed by atoms with Crippen LogP contribution in [0.15, 0.2) is 43.1 Å². The molecule has 0 radical (unpaired) electrons. The number of pyridine rings is 1. The van der Waals surface area contributed by atoms with Gasteiger partial charge in [0, 0.05) is 43.8 Å². The van der Waals surface area contributed by atoms with Crippen molar-refractivity contribution in [2.75, 3.05) is 31.6 Å². The predicted octanol–water partition coefficient (Wildman–Crippen LogP) is 4.89. The second kappa shape index (κ2) is 12.2. The van der Waals surface area contributed by atoms with Crippen LogP contribution in [0.4, 0.5) is 5.95 Å². The van der Waals surface area contributed by atoms with Gasteiger partial charge in [-0.15, -0.1) is 0 Å². The van der Waals surface area contributed by atoms with E-state index in [1.54, 1.807) is 29.3 Å². The maximum Gasteiger partial charge on any atom is 0.258 e. The molecule has 10 heteroatoms. The lowest BCUT2D eigenvalue weighted by atomic mass is 10.1. The Labute approximate surface area is 221 Å². The van der Waals surface area contributed by atoms with Crippen LogP contribution >= 0.6 is 11.6 Å². The molecule has 9 nitrogen and oxygen atoms in total. The van der Waals surface area contributed by atoms with Crippen LogP contribution in [0.1, 0.15) is 54.2 Å². The smallest absolute Gasteiger partial charge is 0.258 e. The van der Waals surface area contributed by atoms with Gasteiger partial charge in [0.15, 0.2) is 0 Å². The number of aryl methyl sites for hydroxylation is 1. The molecular formula is C27H32ClN5O4. The number of aromatic nitrogens is 3. The molecule has 0 saturated carbocycles. The Bertz CT molecular complexity index is 1280. The van der Waals surface area contributed by atoms with Gasteiger partial charge in [0.2, 0.25) is 11.9 Å². The van der Waals surface area contributed by atoms with Crippen molar-refractivity contribution in [3.63, 3.8) is 0 Å². The molecule has 4 heterocycles. The van der Waals surface area contributed by atoms with Gasteiger partial charge in [-0.2, -0.15) is 0 Å². The number of carbonyl (C=O) groups excluding carboxylic acids is 2. The van der Waals surface area contributed by atoms with Crippen molar-refractivity contribution in [1.82, 2.24) is 19.4 Å². The summed E-state index contributed by atoms with van der Waals surface area (Å²) in [7, 11) is 0. The summed E-state index contributed by atoms with van der Waals surface area (Å²) in [5.74, 6) is -0.242. The molecule has 1 atom stereocenters. The first-order valence-corrected chi connectivity index (χ1v) is 12.9. The van der Waals surface area contributed by atoms with Crippen LogP contribution in [0.5, 0.6) is 5.75 Å². The number of phenolic OH excluding ortho intramolecular Hbond substituents is 1. The van der Waals surface area contributed by atoms with Crippen LogP contribution < -0.4 is 5.32 Å². The topological polar surface area (TPSA) is 110 Å². The molecule has 2 aliphatic heterocycles. The molecule has 3 aromatic rings. The Balaban J connectivity index is 0.000000572. The fraction of sp³-hybridized carbons (Fsp3) is 0.407. The second-order valence-electron chi connectivity index (χ2n) is 9.17. The third-order valence-electron chi connectivity index (χ3n) is 6.48. The number of nitrogens with zero attached hydrogens (tertiary/aromatic N) is 4. The van der Waals surface area contributed by atoms with E-state index in [2.05, 4.69) is 21.9 Å². The van der Waals surface area contributed by atoms with Crippen molar-refractivity contribution >= 4 is 40.4 Å². The maximum atomic E-state index is 13.0. The second-order valence-corrected chi connectivity index (χ2v) is 9.55. The lowest BCUT2D eigenvalue weighted by Crippen LogP contribution is -2.34. The van der Waals surface area contributed by atoms with Crippen molar-refractivity contribution in [3.05, 3.63) is 59.4 Å². The van der Waals surface area contributed by atoms with E-state index in [0.717, 1.165) is 38.2 Å². The van der Waals surface area contributed by atoms with Crippen molar-refractivity contribution < 1.29 is 19.4 Å². The van der Waals surface area contributed by atoms with Gasteiger partial charge < -0.3 is 19.3 Å². The van der Waals surface area contributed by atoms with Gasteiger partial charge in [-0.05, 0) is 69.4 Å². The van der Waals surface area contributed by atoms with Crippen LogP contribution in [-0.4, -0.2) is 62.7 Å². The molecular weight excluding hydrogens is 494 g/mol. The number of likely N-dealkylation sites (tertiary alicyclic amines) is 1. The molecule has 2 saturated heterocycles. The Morgan fingerprint density at radius 1 is 1.22 bits per heavy atom. The van der Waals surface area contributed by atoms with E-state index in [1.807, 2.05) is 11.5 Å². The molecule has 2 fully saturated rings. The lowest BCUT2D eigenvalue weighted by molar-refractivity contribution is -0.126. The molecule has 2 amide bonds. The highest BCUT2D eigenvalue weighted by atomic mass is 35.5. The average Bonchev–Trinajstić information content (AvgIpc) is 3.53. The van der Waals surface area contributed by atoms with Crippen molar-refractivity contribution in [2.45, 2.75) is 45.1 Å². The van der Waals surface area contributed by atoms with E-state index in [0.29, 0.717) is 35.6 Å². The Morgan fingerprint density at radius 2 is 2.00 bits per heavy atom. The van der Waals surface area contributed by atoms with Gasteiger partial charge in [0.1, 0.15) is 10.8 Å². The van der Waals surface area contributed by atoms with Gasteiger partial charge in [-0.25, -0.2) is 4.98 Å². The summed E-state index contributed by atoms with van der Waals surface area (Å²) in [6.45, 7) is 8.46. The number of anilines is 1. The molecule has 196 valence electrons. The Kier molecular flexibility index (Phi) is 8.78. The summed E-state index contributed by atoms with van der Waals surface area (Å²) >= 11 is 6.48. The minimum absolute atomic E-state index is 0.0735. The van der Waals surface area contributed by atoms with E-state index in [4.69, 9.17) is 16.3 Å². The van der Waals surface area contributed by atoms with E-state index in [1.165, 1.54) is 25.0 Å². The van der Waals surface area contributed by atoms with Gasteiger partial charge >= 0.3 is 0 Å². The quantitative estimate of drug-likeness (QED) is 0.469. The third-order valence-corrected chi connectivity index (χ3v) is 6.85. The number of rotatable bonds is 4. The summed E-state index contributed by atoms with van der Waals surface area (Å²) in [6, 6.07) is 6.25. The normalized spacial score (nSPS) is 17.6. The van der Waals surface area contributed by atoms with Gasteiger partial charge in [0.05, 0.1) is 17.1 Å². The number of fused-ring (bicyclic) bond motifs is 1. The molecule has 2 aromatic heterocycles. The fourth-order valence-corrected chi connectivity index (χ4v) is 4.86. The van der Waals surface area contributed by atoms with E-state index >= 15 is 0 Å². The molecule has 0 spiro atoms. The largest absolute Gasteiger partial charge is 0.506 e. The average molecular weight is 526 g/mol. The van der Waals surface area contributed by atoms with Gasteiger partial charge in [-0.1, -0.05) is 18.2 Å². The van der Waals surface area contributed by atoms with Crippen molar-refractivity contribution in [2.24, 2.45) is 0 Å². The zero-order valence-corrected chi connectivity index (χ0v) is 21.7. The minimum Gasteiger partial charge on any atom is -0.506 e. The fourth-order valence-electron chi connectivity index (χ4n) is 4.61. The number of nitrogens with one attached hydrogen (secondary N) is 1. The zero-order chi connectivity index (χ0) is 26.4. The summed E-state index contributed by atoms with van der Waals surface area (Å²) in [4.78, 5) is 35.8. The maximum absolute atomic E-state index is 13.0. The highest BCUT2D eigenvalue weighted by Crippen LogP contribution is 2.37. The first-order chi connectivity index (χ1) is 17.9. The molecule has 1 aromatic carbocycles. The minimum atomic E-state index is -0.333. The molecule has 2 N–H and O–H groups in total. The number of halogens is 1. The number of imidazole rings is 1. The van der Waals surface area contributed by atoms with Crippen LogP contribution in [-0.2, 0) is 9.53 Å². The number of benzene rings is 1. The van der Waals surface area contributed by atoms with Gasteiger partial charge in [-0.3, -0.25) is 19.9 Å². The number of ether oxygens (including phenoxy) is 1. The predicted molar refractivity (Wildman–Crippen MR) is 143 cm³/mol. The van der Waals surface area contributed by atoms with E-state index < -0.39 is 0 Å². The van der Waals surface area contributed by atoms with Crippen molar-refractivity contribution in [1.29, 1.82) is 0 Å². The molecule has 2 aliphatic rings. The first-order valence-electron chi connectivity index (χ1n) is 12.5. The summed E-state index contributed by atoms with van der Waals surface area (Å²) < 4.78 is 6.78. The van der Waals surface area contributed by atoms with Crippen LogP contribution in [0.25, 0.3) is 11.0 Å². The van der Waals surface area contributed by atoms with Crippen molar-refractivity contribution in [3.8, 4) is 5.75 Å². The molecule has 5 rings (SSSR count). The number of hydrogen-bond donors (Lipinski definition) is 2. The van der Waals surface area contributed by atoms with Gasteiger partial charge in [0.25, 0.3) is 5.91 Å². The van der Waals surface area contributed by atoms with Crippen LogP contribution in [0, 0.1) is 6.92 Å². The van der Waals surface area contributed by atoms with E-state index in [9.17, 15) is 14.7 Å². The highest BCUT2D eigenvalue weighted by molar-refractivity contribution is 6.36. The Hall–Kier alpha value is -3.43. The molecule has 0 bridgehead atoms. The summed E-state index contributed by atoms with van der Waals surface area (Å²) in [5.41, 5.74) is 2.24. The monoisotopic (exact) mass is 525 g/mol. The number of carbonyl (C=O) groups is 2. The molecule has 1 unspecified atom stereocenters. The van der Waals surface area contributed by atoms with E-state index in [-0.39, 0.29) is 28.6 Å². The van der Waals surface area contributed by atoms with Crippen LogP contribution in [0.2, 0.25) is 5.02 Å². The first kappa shape index (κ1) is 26.6. The number of hydrogen-bond acceptors (Lipinski definition) is 6. The SMILES string of the molecule is C1CCOC1.C=CC(=O)N1CCCCC(n2c(NC(=O)c3ccnc(C)c3)nc3ccc(O)c(Cl)c32)C1. The number of aromatic hydroxyl groups is 1. The molecule has 37 heavy (non-hydrogen) atoms. The standard InChI is InChI=1S/C23H24ClN5O3.C4H8O/c1-3-19(31)28-11-5-4-6-16(13-28)29-21-17(7-8-18(30)20(21)24)26-23(29)27-22(32)15-9-10-25-14(2)12-15;1-2-4-5-3-1/h3,7-10,12,16,30H,1,4-6,11,13H2,2H3,(H,26,27,32);1-4H2. The third kappa shape index (κ3) is 6.29. The zero-order valence-electron chi connectivity index (χ0n) is 21.0. The molecule has 0 aliphatic carbocycles. The number of amides is 2. The summed E-state index contributed by atoms with van der Waals surface area (Å²) in [5, 5.41) is 13.3. The highest BCUT2D eigenvalue weighted by Gasteiger charge is 2.28. The number of phenols is 1. The lowest BCUT2D eigenvalue weighted by Gasteiger charge is -2.26.